The summed E-state index contributed by atoms with van der Waals surface area (Å²) < 4.78 is 0. The van der Waals surface area contributed by atoms with Crippen molar-refractivity contribution < 1.29 is 19.2 Å². The van der Waals surface area contributed by atoms with Gasteiger partial charge in [0.15, 0.2) is 0 Å². The van der Waals surface area contributed by atoms with Crippen LogP contribution in [0.2, 0.25) is 10.0 Å². The number of imide groups is 1. The van der Waals surface area contributed by atoms with Crippen molar-refractivity contribution in [2.45, 2.75) is 76.9 Å². The molecule has 9 heteroatoms. The van der Waals surface area contributed by atoms with E-state index < -0.39 is 6.04 Å². The maximum atomic E-state index is 13.5. The van der Waals surface area contributed by atoms with E-state index in [4.69, 9.17) is 23.2 Å². The lowest BCUT2D eigenvalue weighted by Gasteiger charge is -2.32. The van der Waals surface area contributed by atoms with Crippen LogP contribution in [0.4, 0.5) is 0 Å². The van der Waals surface area contributed by atoms with E-state index in [-0.39, 0.29) is 61.0 Å². The van der Waals surface area contributed by atoms with Gasteiger partial charge in [-0.25, -0.2) is 0 Å². The Labute approximate surface area is 222 Å². The second-order valence-corrected chi connectivity index (χ2v) is 10.8. The van der Waals surface area contributed by atoms with Gasteiger partial charge < -0.3 is 10.2 Å². The van der Waals surface area contributed by atoms with Crippen LogP contribution < -0.4 is 5.32 Å². The molecule has 0 aromatic heterocycles. The summed E-state index contributed by atoms with van der Waals surface area (Å²) in [6, 6.07) is 4.43. The van der Waals surface area contributed by atoms with E-state index >= 15 is 0 Å². The summed E-state index contributed by atoms with van der Waals surface area (Å²) >= 11 is 12.8. The molecule has 7 nitrogen and oxygen atoms in total. The van der Waals surface area contributed by atoms with Crippen LogP contribution in [0, 0.1) is 11.8 Å². The first kappa shape index (κ1) is 26.7. The first-order valence-corrected chi connectivity index (χ1v) is 13.6. The normalized spacial score (nSPS) is 22.9. The van der Waals surface area contributed by atoms with Crippen LogP contribution in [0.3, 0.4) is 0 Å². The third-order valence-corrected chi connectivity index (χ3v) is 8.37. The van der Waals surface area contributed by atoms with E-state index in [1.54, 1.807) is 25.1 Å². The van der Waals surface area contributed by atoms with E-state index in [1.165, 1.54) is 16.2 Å². The van der Waals surface area contributed by atoms with Crippen LogP contribution in [0.15, 0.2) is 30.4 Å². The fourth-order valence-electron chi connectivity index (χ4n) is 5.45. The topological polar surface area (TPSA) is 86.8 Å². The average Bonchev–Trinajstić information content (AvgIpc) is 3.12. The zero-order valence-electron chi connectivity index (χ0n) is 20.6. The molecule has 1 aromatic carbocycles. The summed E-state index contributed by atoms with van der Waals surface area (Å²) in [5.74, 6) is -1.68. The standard InChI is InChI=1S/C27H33Cl2N3O4/c1-17(25(34)30-18-8-3-2-4-9-18)32(16-21-22(28)12-7-13-23(21)29)24(33)14-15-31-26(35)19-10-5-6-11-20(19)27(31)36/h5-7,12-13,17-20H,2-4,8-11,14-16H2,1H3,(H,30,34)/t17-,19-,20+/m0/s1. The minimum Gasteiger partial charge on any atom is -0.352 e. The van der Waals surface area contributed by atoms with Crippen LogP contribution in [-0.4, -0.2) is 52.1 Å². The van der Waals surface area contributed by atoms with Gasteiger partial charge in [-0.05, 0) is 44.7 Å². The third-order valence-electron chi connectivity index (χ3n) is 7.66. The number of hydrogen-bond acceptors (Lipinski definition) is 4. The molecular weight excluding hydrogens is 501 g/mol. The number of amides is 4. The highest BCUT2D eigenvalue weighted by atomic mass is 35.5. The minimum absolute atomic E-state index is 0.00673. The van der Waals surface area contributed by atoms with Gasteiger partial charge in [0.2, 0.25) is 23.6 Å². The van der Waals surface area contributed by atoms with Gasteiger partial charge in [0.05, 0.1) is 11.8 Å². The molecule has 0 radical (unpaired) electrons. The van der Waals surface area contributed by atoms with Crippen molar-refractivity contribution in [1.29, 1.82) is 0 Å². The highest BCUT2D eigenvalue weighted by Gasteiger charge is 2.47. The Morgan fingerprint density at radius 1 is 1.03 bits per heavy atom. The van der Waals surface area contributed by atoms with Crippen molar-refractivity contribution >= 4 is 46.8 Å². The Bertz CT molecular complexity index is 1010. The molecule has 4 amide bonds. The number of hydrogen-bond donors (Lipinski definition) is 1. The van der Waals surface area contributed by atoms with Crippen molar-refractivity contribution in [1.82, 2.24) is 15.1 Å². The molecule has 2 aliphatic carbocycles. The van der Waals surface area contributed by atoms with Gasteiger partial charge in [-0.3, -0.25) is 24.1 Å². The largest absolute Gasteiger partial charge is 0.352 e. The monoisotopic (exact) mass is 533 g/mol. The highest BCUT2D eigenvalue weighted by Crippen LogP contribution is 2.35. The number of halogens is 2. The molecule has 1 saturated heterocycles. The molecule has 3 atom stereocenters. The number of fused-ring (bicyclic) bond motifs is 1. The molecule has 1 aromatic rings. The fourth-order valence-corrected chi connectivity index (χ4v) is 5.96. The Morgan fingerprint density at radius 2 is 1.61 bits per heavy atom. The quantitative estimate of drug-likeness (QED) is 0.393. The lowest BCUT2D eigenvalue weighted by atomic mass is 9.85. The van der Waals surface area contributed by atoms with Gasteiger partial charge in [0, 0.05) is 41.2 Å². The number of carbonyl (C=O) groups excluding carboxylic acids is 4. The second kappa shape index (κ2) is 11.8. The first-order valence-electron chi connectivity index (χ1n) is 12.8. The molecule has 2 fully saturated rings. The Morgan fingerprint density at radius 3 is 2.19 bits per heavy atom. The molecule has 0 unspecified atom stereocenters. The summed E-state index contributed by atoms with van der Waals surface area (Å²) in [7, 11) is 0. The Hall–Kier alpha value is -2.38. The molecule has 0 bridgehead atoms. The molecular formula is C27H33Cl2N3O4. The number of likely N-dealkylation sites (tertiary alicyclic amines) is 1. The molecule has 1 heterocycles. The van der Waals surface area contributed by atoms with E-state index in [0.29, 0.717) is 28.5 Å². The van der Waals surface area contributed by atoms with Gasteiger partial charge in [0.25, 0.3) is 0 Å². The smallest absolute Gasteiger partial charge is 0.242 e. The molecule has 1 saturated carbocycles. The van der Waals surface area contributed by atoms with Crippen LogP contribution in [-0.2, 0) is 25.7 Å². The zero-order chi connectivity index (χ0) is 25.8. The summed E-state index contributed by atoms with van der Waals surface area (Å²) in [6.07, 6.45) is 10.1. The maximum absolute atomic E-state index is 13.5. The van der Waals surface area contributed by atoms with Crippen molar-refractivity contribution in [2.75, 3.05) is 6.54 Å². The molecule has 1 aliphatic heterocycles. The highest BCUT2D eigenvalue weighted by molar-refractivity contribution is 6.36. The Kier molecular flexibility index (Phi) is 8.73. The summed E-state index contributed by atoms with van der Waals surface area (Å²) in [5, 5.41) is 3.90. The van der Waals surface area contributed by atoms with Crippen molar-refractivity contribution in [2.24, 2.45) is 11.8 Å². The first-order chi connectivity index (χ1) is 17.3. The van der Waals surface area contributed by atoms with Crippen molar-refractivity contribution in [3.05, 3.63) is 46.0 Å². The summed E-state index contributed by atoms with van der Waals surface area (Å²) in [6.45, 7) is 1.73. The van der Waals surface area contributed by atoms with E-state index in [9.17, 15) is 19.2 Å². The van der Waals surface area contributed by atoms with Crippen LogP contribution in [0.25, 0.3) is 0 Å². The maximum Gasteiger partial charge on any atom is 0.242 e. The number of nitrogens with one attached hydrogen (secondary N) is 1. The summed E-state index contributed by atoms with van der Waals surface area (Å²) in [5.41, 5.74) is 0.553. The van der Waals surface area contributed by atoms with Gasteiger partial charge >= 0.3 is 0 Å². The van der Waals surface area contributed by atoms with Crippen molar-refractivity contribution in [3.8, 4) is 0 Å². The molecule has 0 spiro atoms. The van der Waals surface area contributed by atoms with Gasteiger partial charge in [0.1, 0.15) is 6.04 Å². The van der Waals surface area contributed by atoms with Crippen molar-refractivity contribution in [3.63, 3.8) is 0 Å². The third kappa shape index (κ3) is 5.78. The second-order valence-electron chi connectivity index (χ2n) is 9.98. The number of allylic oxidation sites excluding steroid dienone is 2. The molecule has 1 N–H and O–H groups in total. The average molecular weight is 534 g/mol. The minimum atomic E-state index is -0.775. The number of nitrogens with zero attached hydrogens (tertiary/aromatic N) is 2. The van der Waals surface area contributed by atoms with Gasteiger partial charge in [-0.2, -0.15) is 0 Å². The lowest BCUT2D eigenvalue weighted by molar-refractivity contribution is -0.144. The number of carbonyl (C=O) groups is 4. The summed E-state index contributed by atoms with van der Waals surface area (Å²) in [4.78, 5) is 55.0. The van der Waals surface area contributed by atoms with Gasteiger partial charge in [-0.15, -0.1) is 0 Å². The Balaban J connectivity index is 1.48. The predicted molar refractivity (Wildman–Crippen MR) is 138 cm³/mol. The number of benzene rings is 1. The molecule has 194 valence electrons. The van der Waals surface area contributed by atoms with Crippen LogP contribution in [0.1, 0.15) is 63.9 Å². The number of rotatable bonds is 8. The molecule has 36 heavy (non-hydrogen) atoms. The van der Waals surface area contributed by atoms with E-state index in [1.807, 2.05) is 12.2 Å². The van der Waals surface area contributed by atoms with E-state index in [0.717, 1.165) is 25.7 Å². The van der Waals surface area contributed by atoms with Crippen LogP contribution >= 0.6 is 23.2 Å². The van der Waals surface area contributed by atoms with Gasteiger partial charge in [-0.1, -0.05) is 60.7 Å². The SMILES string of the molecule is C[C@@H](C(=O)NC1CCCCC1)N(Cc1c(Cl)cccc1Cl)C(=O)CCN1C(=O)[C@H]2CC=CC[C@H]2C1=O. The van der Waals surface area contributed by atoms with Crippen LogP contribution in [0.5, 0.6) is 0 Å². The molecule has 3 aliphatic rings. The lowest BCUT2D eigenvalue weighted by Crippen LogP contribution is -2.51. The predicted octanol–water partition coefficient (Wildman–Crippen LogP) is 4.50. The zero-order valence-corrected chi connectivity index (χ0v) is 22.1. The molecule has 4 rings (SSSR count). The van der Waals surface area contributed by atoms with E-state index in [2.05, 4.69) is 5.32 Å². The fraction of sp³-hybridized carbons (Fsp3) is 0.556.